The normalized spacial score (nSPS) is 36.7. The van der Waals surface area contributed by atoms with Crippen molar-refractivity contribution in [2.75, 3.05) is 0 Å². The molecule has 116 valence electrons. The number of carbonyl (C=O) groups is 1. The van der Waals surface area contributed by atoms with Gasteiger partial charge in [-0.25, -0.2) is 0 Å². The van der Waals surface area contributed by atoms with Crippen molar-refractivity contribution >= 4 is 17.2 Å². The van der Waals surface area contributed by atoms with Crippen LogP contribution in [-0.2, 0) is 4.79 Å². The van der Waals surface area contributed by atoms with Crippen molar-refractivity contribution in [1.29, 1.82) is 0 Å². The molecule has 1 amide bonds. The summed E-state index contributed by atoms with van der Waals surface area (Å²) in [6.07, 6.45) is 3.33. The van der Waals surface area contributed by atoms with E-state index in [2.05, 4.69) is 50.0 Å². The van der Waals surface area contributed by atoms with Crippen molar-refractivity contribution in [3.8, 4) is 0 Å². The minimum absolute atomic E-state index is 0.0134. The summed E-state index contributed by atoms with van der Waals surface area (Å²) in [4.78, 5) is 17.6. The number of thiophene rings is 1. The molecule has 1 aliphatic heterocycles. The molecule has 0 spiro atoms. The Hall–Kier alpha value is -0.870. The van der Waals surface area contributed by atoms with Crippen molar-refractivity contribution < 1.29 is 4.79 Å². The van der Waals surface area contributed by atoms with Gasteiger partial charge in [0.1, 0.15) is 6.17 Å². The molecule has 1 aromatic heterocycles. The molecule has 5 atom stereocenters. The number of amides is 1. The van der Waals surface area contributed by atoms with Gasteiger partial charge in [-0.2, -0.15) is 0 Å². The largest absolute Gasteiger partial charge is 0.317 e. The van der Waals surface area contributed by atoms with E-state index in [1.165, 1.54) is 16.2 Å². The van der Waals surface area contributed by atoms with Crippen LogP contribution in [0.3, 0.4) is 0 Å². The first-order valence-corrected chi connectivity index (χ1v) is 8.99. The summed E-state index contributed by atoms with van der Waals surface area (Å²) in [6, 6.07) is 4.72. The van der Waals surface area contributed by atoms with Gasteiger partial charge in [-0.1, -0.05) is 20.8 Å². The van der Waals surface area contributed by atoms with E-state index < -0.39 is 0 Å². The van der Waals surface area contributed by atoms with Crippen LogP contribution < -0.4 is 5.32 Å². The molecule has 4 heteroatoms. The monoisotopic (exact) mass is 306 g/mol. The molecule has 1 N–H and O–H groups in total. The van der Waals surface area contributed by atoms with Gasteiger partial charge >= 0.3 is 0 Å². The molecule has 5 unspecified atom stereocenters. The Morgan fingerprint density at radius 2 is 2.10 bits per heavy atom. The van der Waals surface area contributed by atoms with Crippen LogP contribution >= 0.6 is 11.3 Å². The van der Waals surface area contributed by atoms with E-state index in [1.54, 1.807) is 0 Å². The maximum Gasteiger partial charge on any atom is 0.241 e. The highest BCUT2D eigenvalue weighted by molar-refractivity contribution is 7.12. The van der Waals surface area contributed by atoms with Crippen LogP contribution in [0.25, 0.3) is 0 Å². The third-order valence-electron chi connectivity index (χ3n) is 5.41. The Balaban J connectivity index is 1.91. The molecule has 2 aliphatic rings. The molecule has 0 bridgehead atoms. The molecule has 1 aliphatic carbocycles. The molecule has 1 aromatic rings. The molecule has 1 saturated heterocycles. The van der Waals surface area contributed by atoms with Crippen LogP contribution in [-0.4, -0.2) is 22.9 Å². The lowest BCUT2D eigenvalue weighted by molar-refractivity contribution is -0.133. The van der Waals surface area contributed by atoms with Gasteiger partial charge in [0.2, 0.25) is 5.91 Å². The summed E-state index contributed by atoms with van der Waals surface area (Å²) in [5, 5.41) is 3.57. The van der Waals surface area contributed by atoms with E-state index in [0.717, 1.165) is 12.8 Å². The van der Waals surface area contributed by atoms with Crippen LogP contribution in [0.15, 0.2) is 12.1 Å². The van der Waals surface area contributed by atoms with Crippen LogP contribution in [0.5, 0.6) is 0 Å². The lowest BCUT2D eigenvalue weighted by atomic mass is 9.96. The van der Waals surface area contributed by atoms with Crippen molar-refractivity contribution in [2.45, 2.75) is 65.2 Å². The van der Waals surface area contributed by atoms with E-state index in [-0.39, 0.29) is 12.2 Å². The number of rotatable bonds is 3. The lowest BCUT2D eigenvalue weighted by Crippen LogP contribution is -2.42. The standard InChI is InChI=1S/C17H26N2OS/c1-5-13-17(20)19(14-8-6-10(2)12(14)4)16(18-13)15-9-7-11(3)21-15/h7,9-10,12-14,16,18H,5-6,8H2,1-4H3. The van der Waals surface area contributed by atoms with Crippen LogP contribution in [0.2, 0.25) is 0 Å². The fourth-order valence-corrected chi connectivity index (χ4v) is 4.78. The zero-order valence-electron chi connectivity index (χ0n) is 13.4. The smallest absolute Gasteiger partial charge is 0.241 e. The number of nitrogens with zero attached hydrogens (tertiary/aromatic N) is 1. The van der Waals surface area contributed by atoms with E-state index in [0.29, 0.717) is 23.8 Å². The zero-order valence-corrected chi connectivity index (χ0v) is 14.2. The summed E-state index contributed by atoms with van der Waals surface area (Å²) in [7, 11) is 0. The third-order valence-corrected chi connectivity index (χ3v) is 6.46. The molecule has 0 aromatic carbocycles. The first-order valence-electron chi connectivity index (χ1n) is 8.17. The van der Waals surface area contributed by atoms with Gasteiger partial charge in [0.05, 0.1) is 6.04 Å². The van der Waals surface area contributed by atoms with Gasteiger partial charge in [0.15, 0.2) is 0 Å². The van der Waals surface area contributed by atoms with Gasteiger partial charge in [-0.15, -0.1) is 11.3 Å². The number of carbonyl (C=O) groups excluding carboxylic acids is 1. The summed E-state index contributed by atoms with van der Waals surface area (Å²) >= 11 is 1.81. The molecular weight excluding hydrogens is 280 g/mol. The average Bonchev–Trinajstić information content (AvgIpc) is 3.11. The summed E-state index contributed by atoms with van der Waals surface area (Å²) < 4.78 is 0. The second-order valence-electron chi connectivity index (χ2n) is 6.71. The molecule has 21 heavy (non-hydrogen) atoms. The molecule has 2 heterocycles. The third kappa shape index (κ3) is 2.53. The Bertz CT molecular complexity index is 527. The highest BCUT2D eigenvalue weighted by Crippen LogP contribution is 2.41. The second-order valence-corrected chi connectivity index (χ2v) is 8.02. The first kappa shape index (κ1) is 15.0. The molecule has 1 saturated carbocycles. The van der Waals surface area contributed by atoms with Gasteiger partial charge in [0, 0.05) is 15.8 Å². The predicted octanol–water partition coefficient (Wildman–Crippen LogP) is 3.70. The van der Waals surface area contributed by atoms with E-state index in [4.69, 9.17) is 0 Å². The number of hydrogen-bond acceptors (Lipinski definition) is 3. The predicted molar refractivity (Wildman–Crippen MR) is 87.2 cm³/mol. The Kier molecular flexibility index (Phi) is 4.10. The van der Waals surface area contributed by atoms with E-state index in [1.807, 2.05) is 11.3 Å². The minimum atomic E-state index is -0.0134. The van der Waals surface area contributed by atoms with Crippen molar-refractivity contribution in [3.63, 3.8) is 0 Å². The second kappa shape index (κ2) is 5.73. The van der Waals surface area contributed by atoms with Crippen molar-refractivity contribution in [2.24, 2.45) is 11.8 Å². The van der Waals surface area contributed by atoms with Crippen LogP contribution in [0, 0.1) is 18.8 Å². The Labute approximate surface area is 131 Å². The van der Waals surface area contributed by atoms with Crippen LogP contribution in [0.4, 0.5) is 0 Å². The maximum absolute atomic E-state index is 12.8. The quantitative estimate of drug-likeness (QED) is 0.923. The fourth-order valence-electron chi connectivity index (χ4n) is 3.85. The van der Waals surface area contributed by atoms with Crippen LogP contribution in [0.1, 0.15) is 56.0 Å². The lowest BCUT2D eigenvalue weighted by Gasteiger charge is -2.33. The number of aryl methyl sites for hydroxylation is 1. The number of hydrogen-bond donors (Lipinski definition) is 1. The summed E-state index contributed by atoms with van der Waals surface area (Å²) in [6.45, 7) is 8.86. The highest BCUT2D eigenvalue weighted by Gasteiger charge is 2.46. The summed E-state index contributed by atoms with van der Waals surface area (Å²) in [5.41, 5.74) is 0. The average molecular weight is 306 g/mol. The molecular formula is C17H26N2OS. The Morgan fingerprint density at radius 3 is 2.62 bits per heavy atom. The minimum Gasteiger partial charge on any atom is -0.317 e. The molecule has 3 nitrogen and oxygen atoms in total. The van der Waals surface area contributed by atoms with Crippen molar-refractivity contribution in [3.05, 3.63) is 21.9 Å². The maximum atomic E-state index is 12.8. The SMILES string of the molecule is CCC1NC(c2ccc(C)s2)N(C2CCC(C)C2C)C1=O. The molecule has 2 fully saturated rings. The van der Waals surface area contributed by atoms with Gasteiger partial charge in [0.25, 0.3) is 0 Å². The number of nitrogens with one attached hydrogen (secondary N) is 1. The zero-order chi connectivity index (χ0) is 15.1. The van der Waals surface area contributed by atoms with E-state index in [9.17, 15) is 4.79 Å². The summed E-state index contributed by atoms with van der Waals surface area (Å²) in [5.74, 6) is 1.61. The first-order chi connectivity index (χ1) is 10.0. The van der Waals surface area contributed by atoms with E-state index >= 15 is 0 Å². The van der Waals surface area contributed by atoms with Gasteiger partial charge in [-0.05, 0) is 50.2 Å². The van der Waals surface area contributed by atoms with Gasteiger partial charge in [-0.3, -0.25) is 10.1 Å². The van der Waals surface area contributed by atoms with Crippen molar-refractivity contribution in [1.82, 2.24) is 10.2 Å². The van der Waals surface area contributed by atoms with Gasteiger partial charge < -0.3 is 4.90 Å². The highest BCUT2D eigenvalue weighted by atomic mass is 32.1. The molecule has 0 radical (unpaired) electrons. The molecule has 3 rings (SSSR count). The topological polar surface area (TPSA) is 32.3 Å². The Morgan fingerprint density at radius 1 is 1.33 bits per heavy atom. The fraction of sp³-hybridized carbons (Fsp3) is 0.706.